The monoisotopic (exact) mass is 266 g/mol. The molecule has 0 aliphatic carbocycles. The lowest BCUT2D eigenvalue weighted by molar-refractivity contribution is 0.0576. The van der Waals surface area contributed by atoms with Crippen LogP contribution in [-0.4, -0.2) is 36.0 Å². The Hall–Kier alpha value is -0.870. The summed E-state index contributed by atoms with van der Waals surface area (Å²) in [5.41, 5.74) is 1.99. The van der Waals surface area contributed by atoms with Crippen LogP contribution in [0.25, 0.3) is 0 Å². The first-order valence-corrected chi connectivity index (χ1v) is 7.68. The maximum atomic E-state index is 12.6. The number of carbonyl (C=O) groups is 1. The second kappa shape index (κ2) is 5.85. The highest BCUT2D eigenvalue weighted by molar-refractivity contribution is 7.08. The molecule has 1 aromatic rings. The third-order valence-electron chi connectivity index (χ3n) is 3.81. The molecule has 0 saturated carbocycles. The Bertz CT molecular complexity index is 416. The van der Waals surface area contributed by atoms with E-state index in [1.165, 1.54) is 0 Å². The van der Waals surface area contributed by atoms with Gasteiger partial charge in [0.05, 0.1) is 5.56 Å². The zero-order valence-corrected chi connectivity index (χ0v) is 12.2. The van der Waals surface area contributed by atoms with Crippen LogP contribution in [0.2, 0.25) is 0 Å². The average molecular weight is 266 g/mol. The zero-order valence-electron chi connectivity index (χ0n) is 11.4. The van der Waals surface area contributed by atoms with Gasteiger partial charge in [-0.05, 0) is 30.7 Å². The molecule has 4 heteroatoms. The Kier molecular flexibility index (Phi) is 4.40. The number of piperazine rings is 1. The van der Waals surface area contributed by atoms with Crippen LogP contribution in [0.4, 0.5) is 0 Å². The van der Waals surface area contributed by atoms with E-state index in [-0.39, 0.29) is 5.91 Å². The first-order valence-electron chi connectivity index (χ1n) is 6.74. The number of hydrogen-bond acceptors (Lipinski definition) is 3. The van der Waals surface area contributed by atoms with Crippen molar-refractivity contribution >= 4 is 17.2 Å². The summed E-state index contributed by atoms with van der Waals surface area (Å²) in [4.78, 5) is 14.7. The van der Waals surface area contributed by atoms with Gasteiger partial charge in [-0.15, -0.1) is 0 Å². The van der Waals surface area contributed by atoms with Gasteiger partial charge in [0.1, 0.15) is 0 Å². The number of aryl methyl sites for hydroxylation is 1. The highest BCUT2D eigenvalue weighted by Crippen LogP contribution is 2.20. The van der Waals surface area contributed by atoms with Crippen molar-refractivity contribution < 1.29 is 4.79 Å². The molecule has 2 heterocycles. The summed E-state index contributed by atoms with van der Waals surface area (Å²) in [7, 11) is 0. The van der Waals surface area contributed by atoms with Gasteiger partial charge in [0, 0.05) is 30.6 Å². The molecule has 100 valence electrons. The number of rotatable bonds is 3. The van der Waals surface area contributed by atoms with Crippen LogP contribution in [0.5, 0.6) is 0 Å². The van der Waals surface area contributed by atoms with Gasteiger partial charge in [0.15, 0.2) is 0 Å². The molecule has 2 atom stereocenters. The van der Waals surface area contributed by atoms with Crippen LogP contribution >= 0.6 is 11.3 Å². The van der Waals surface area contributed by atoms with Gasteiger partial charge in [-0.25, -0.2) is 0 Å². The van der Waals surface area contributed by atoms with Gasteiger partial charge in [-0.2, -0.15) is 11.3 Å². The molecule has 0 aromatic carbocycles. The van der Waals surface area contributed by atoms with E-state index in [1.807, 2.05) is 17.7 Å². The van der Waals surface area contributed by atoms with E-state index in [9.17, 15) is 4.79 Å². The minimum atomic E-state index is 0.209. The summed E-state index contributed by atoms with van der Waals surface area (Å²) in [6, 6.07) is 0.773. The highest BCUT2D eigenvalue weighted by Gasteiger charge is 2.30. The second-order valence-corrected chi connectivity index (χ2v) is 5.75. The van der Waals surface area contributed by atoms with Crippen LogP contribution in [0.1, 0.15) is 42.6 Å². The molecular weight excluding hydrogens is 244 g/mol. The van der Waals surface area contributed by atoms with E-state index in [0.29, 0.717) is 12.1 Å². The number of hydrogen-bond donors (Lipinski definition) is 1. The SMILES string of the molecule is CCC1CN(C(=O)c2cscc2C)C(CC)CN1. The zero-order chi connectivity index (χ0) is 13.1. The fraction of sp³-hybridized carbons (Fsp3) is 0.643. The standard InChI is InChI=1S/C14H22N2OS/c1-4-11-7-16(12(5-2)6-15-11)14(17)13-9-18-8-10(13)3/h8-9,11-12,15H,4-7H2,1-3H3. The quantitative estimate of drug-likeness (QED) is 0.912. The van der Waals surface area contributed by atoms with Crippen molar-refractivity contribution in [2.45, 2.75) is 45.7 Å². The molecular formula is C14H22N2OS. The van der Waals surface area contributed by atoms with E-state index in [2.05, 4.69) is 24.1 Å². The molecule has 1 N–H and O–H groups in total. The van der Waals surface area contributed by atoms with Crippen LogP contribution < -0.4 is 5.32 Å². The maximum Gasteiger partial charge on any atom is 0.255 e. The molecule has 1 aliphatic rings. The lowest BCUT2D eigenvalue weighted by Crippen LogP contribution is -2.57. The molecule has 1 saturated heterocycles. The molecule has 1 fully saturated rings. The van der Waals surface area contributed by atoms with Gasteiger partial charge >= 0.3 is 0 Å². The topological polar surface area (TPSA) is 32.3 Å². The lowest BCUT2D eigenvalue weighted by atomic mass is 10.0. The summed E-state index contributed by atoms with van der Waals surface area (Å²) in [5.74, 6) is 0.209. The fourth-order valence-corrected chi connectivity index (χ4v) is 3.31. The van der Waals surface area contributed by atoms with Crippen LogP contribution in [0, 0.1) is 6.92 Å². The largest absolute Gasteiger partial charge is 0.333 e. The number of nitrogens with zero attached hydrogens (tertiary/aromatic N) is 1. The van der Waals surface area contributed by atoms with Gasteiger partial charge in [-0.1, -0.05) is 13.8 Å². The molecule has 1 aliphatic heterocycles. The van der Waals surface area contributed by atoms with Crippen molar-refractivity contribution in [3.63, 3.8) is 0 Å². The number of amides is 1. The Morgan fingerprint density at radius 1 is 1.44 bits per heavy atom. The summed E-state index contributed by atoms with van der Waals surface area (Å²) in [6.45, 7) is 8.10. The molecule has 1 amide bonds. The third-order valence-corrected chi connectivity index (χ3v) is 4.67. The van der Waals surface area contributed by atoms with E-state index < -0.39 is 0 Å². The van der Waals surface area contributed by atoms with E-state index >= 15 is 0 Å². The minimum absolute atomic E-state index is 0.209. The molecule has 0 bridgehead atoms. The third kappa shape index (κ3) is 2.59. The van der Waals surface area contributed by atoms with Crippen LogP contribution in [0.15, 0.2) is 10.8 Å². The Labute approximate surface area is 113 Å². The fourth-order valence-electron chi connectivity index (χ4n) is 2.49. The summed E-state index contributed by atoms with van der Waals surface area (Å²) in [6.07, 6.45) is 2.08. The highest BCUT2D eigenvalue weighted by atomic mass is 32.1. The average Bonchev–Trinajstić information content (AvgIpc) is 2.83. The van der Waals surface area contributed by atoms with Gasteiger partial charge in [0.25, 0.3) is 5.91 Å². The van der Waals surface area contributed by atoms with Crippen LogP contribution in [0.3, 0.4) is 0 Å². The van der Waals surface area contributed by atoms with Crippen LogP contribution in [-0.2, 0) is 0 Å². The van der Waals surface area contributed by atoms with Gasteiger partial charge in [-0.3, -0.25) is 4.79 Å². The summed E-state index contributed by atoms with van der Waals surface area (Å²) in [5, 5.41) is 7.55. The molecule has 1 aromatic heterocycles. The summed E-state index contributed by atoms with van der Waals surface area (Å²) >= 11 is 1.61. The molecule has 2 unspecified atom stereocenters. The van der Waals surface area contributed by atoms with Crippen molar-refractivity contribution in [2.75, 3.05) is 13.1 Å². The Balaban J connectivity index is 2.17. The Morgan fingerprint density at radius 2 is 2.22 bits per heavy atom. The number of nitrogens with one attached hydrogen (secondary N) is 1. The van der Waals surface area contributed by atoms with Crippen molar-refractivity contribution in [3.8, 4) is 0 Å². The first-order chi connectivity index (χ1) is 8.67. The second-order valence-electron chi connectivity index (χ2n) is 5.00. The van der Waals surface area contributed by atoms with Crippen molar-refractivity contribution in [2.24, 2.45) is 0 Å². The molecule has 2 rings (SSSR count). The molecule has 0 spiro atoms. The predicted octanol–water partition coefficient (Wildman–Crippen LogP) is 2.66. The van der Waals surface area contributed by atoms with Crippen molar-refractivity contribution in [3.05, 3.63) is 21.9 Å². The minimum Gasteiger partial charge on any atom is -0.333 e. The number of carbonyl (C=O) groups excluding carboxylic acids is 1. The van der Waals surface area contributed by atoms with E-state index in [4.69, 9.17) is 0 Å². The Morgan fingerprint density at radius 3 is 2.78 bits per heavy atom. The van der Waals surface area contributed by atoms with Gasteiger partial charge in [0.2, 0.25) is 0 Å². The predicted molar refractivity (Wildman–Crippen MR) is 76.3 cm³/mol. The molecule has 3 nitrogen and oxygen atoms in total. The number of thiophene rings is 1. The van der Waals surface area contributed by atoms with Crippen molar-refractivity contribution in [1.29, 1.82) is 0 Å². The maximum absolute atomic E-state index is 12.6. The first kappa shape index (κ1) is 13.6. The van der Waals surface area contributed by atoms with Crippen molar-refractivity contribution in [1.82, 2.24) is 10.2 Å². The molecule has 18 heavy (non-hydrogen) atoms. The molecule has 0 radical (unpaired) electrons. The normalized spacial score (nSPS) is 24.3. The van der Waals surface area contributed by atoms with E-state index in [0.717, 1.165) is 37.1 Å². The summed E-state index contributed by atoms with van der Waals surface area (Å²) < 4.78 is 0. The lowest BCUT2D eigenvalue weighted by Gasteiger charge is -2.40. The smallest absolute Gasteiger partial charge is 0.255 e. The van der Waals surface area contributed by atoms with E-state index in [1.54, 1.807) is 11.3 Å². The van der Waals surface area contributed by atoms with Gasteiger partial charge < -0.3 is 10.2 Å².